The third kappa shape index (κ3) is 2.95. The van der Waals surface area contributed by atoms with Crippen molar-refractivity contribution in [1.29, 1.82) is 0 Å². The Kier molecular flexibility index (Phi) is 3.56. The van der Waals surface area contributed by atoms with Gasteiger partial charge >= 0.3 is 0 Å². The number of aromatic hydroxyl groups is 1. The molecule has 0 bridgehead atoms. The largest absolute Gasteiger partial charge is 0.506 e. The van der Waals surface area contributed by atoms with E-state index < -0.39 is 0 Å². The molecular weight excluding hydrogens is 244 g/mol. The summed E-state index contributed by atoms with van der Waals surface area (Å²) < 4.78 is 4.97. The van der Waals surface area contributed by atoms with Crippen molar-refractivity contribution >= 4 is 17.3 Å². The molecule has 0 aliphatic heterocycles. The molecule has 98 valence electrons. The van der Waals surface area contributed by atoms with Gasteiger partial charge in [-0.2, -0.15) is 0 Å². The Morgan fingerprint density at radius 1 is 1.21 bits per heavy atom. The maximum absolute atomic E-state index is 11.9. The SMILES string of the molecule is COc1ccc(NC(=O)c2ccc(N)cc2)c(O)c1. The minimum Gasteiger partial charge on any atom is -0.506 e. The summed E-state index contributed by atoms with van der Waals surface area (Å²) in [6, 6.07) is 11.2. The van der Waals surface area contributed by atoms with Gasteiger partial charge < -0.3 is 20.9 Å². The van der Waals surface area contributed by atoms with Gasteiger partial charge in [-0.05, 0) is 36.4 Å². The summed E-state index contributed by atoms with van der Waals surface area (Å²) in [4.78, 5) is 11.9. The number of rotatable bonds is 3. The van der Waals surface area contributed by atoms with E-state index in [-0.39, 0.29) is 11.7 Å². The van der Waals surface area contributed by atoms with E-state index >= 15 is 0 Å². The molecule has 0 spiro atoms. The molecule has 19 heavy (non-hydrogen) atoms. The van der Waals surface area contributed by atoms with E-state index in [1.165, 1.54) is 13.2 Å². The van der Waals surface area contributed by atoms with Gasteiger partial charge in [-0.1, -0.05) is 0 Å². The van der Waals surface area contributed by atoms with Crippen molar-refractivity contribution in [2.45, 2.75) is 0 Å². The number of carbonyl (C=O) groups is 1. The summed E-state index contributed by atoms with van der Waals surface area (Å²) in [5.74, 6) is 0.145. The number of hydrogen-bond donors (Lipinski definition) is 3. The van der Waals surface area contributed by atoms with Crippen LogP contribution in [0.3, 0.4) is 0 Å². The van der Waals surface area contributed by atoms with Crippen LogP contribution in [0, 0.1) is 0 Å². The predicted molar refractivity (Wildman–Crippen MR) is 73.5 cm³/mol. The highest BCUT2D eigenvalue weighted by Gasteiger charge is 2.09. The molecule has 5 heteroatoms. The van der Waals surface area contributed by atoms with Crippen molar-refractivity contribution in [3.05, 3.63) is 48.0 Å². The second-order valence-corrected chi connectivity index (χ2v) is 3.96. The molecule has 0 heterocycles. The number of phenols is 1. The van der Waals surface area contributed by atoms with Crippen LogP contribution in [0.1, 0.15) is 10.4 Å². The van der Waals surface area contributed by atoms with Crippen LogP contribution in [0.5, 0.6) is 11.5 Å². The maximum atomic E-state index is 11.9. The first-order chi connectivity index (χ1) is 9.10. The standard InChI is InChI=1S/C14H14N2O3/c1-19-11-6-7-12(13(17)8-11)16-14(18)9-2-4-10(15)5-3-9/h2-8,17H,15H2,1H3,(H,16,18). The van der Waals surface area contributed by atoms with Crippen molar-refractivity contribution in [3.8, 4) is 11.5 Å². The summed E-state index contributed by atoms with van der Waals surface area (Å²) >= 11 is 0. The zero-order valence-electron chi connectivity index (χ0n) is 10.4. The van der Waals surface area contributed by atoms with E-state index in [4.69, 9.17) is 10.5 Å². The van der Waals surface area contributed by atoms with Crippen LogP contribution in [0.2, 0.25) is 0 Å². The average molecular weight is 258 g/mol. The number of nitrogens with two attached hydrogens (primary N) is 1. The van der Waals surface area contributed by atoms with Crippen molar-refractivity contribution < 1.29 is 14.6 Å². The molecule has 0 fully saturated rings. The molecule has 0 aromatic heterocycles. The fraction of sp³-hybridized carbons (Fsp3) is 0.0714. The number of carbonyl (C=O) groups excluding carboxylic acids is 1. The van der Waals surface area contributed by atoms with E-state index in [1.807, 2.05) is 0 Å². The van der Waals surface area contributed by atoms with Crippen molar-refractivity contribution in [1.82, 2.24) is 0 Å². The molecule has 0 saturated heterocycles. The molecule has 2 aromatic rings. The Bertz CT molecular complexity index is 594. The Labute approximate surface area is 110 Å². The number of amides is 1. The van der Waals surface area contributed by atoms with Gasteiger partial charge in [0.15, 0.2) is 0 Å². The van der Waals surface area contributed by atoms with Crippen LogP contribution in [-0.2, 0) is 0 Å². The van der Waals surface area contributed by atoms with Gasteiger partial charge in [0.25, 0.3) is 5.91 Å². The lowest BCUT2D eigenvalue weighted by molar-refractivity contribution is 0.102. The molecule has 2 aromatic carbocycles. The zero-order chi connectivity index (χ0) is 13.8. The van der Waals surface area contributed by atoms with Crippen LogP contribution in [0.15, 0.2) is 42.5 Å². The molecular formula is C14H14N2O3. The Morgan fingerprint density at radius 2 is 1.89 bits per heavy atom. The van der Waals surface area contributed by atoms with Gasteiger partial charge in [0.1, 0.15) is 11.5 Å². The van der Waals surface area contributed by atoms with Crippen molar-refractivity contribution in [2.75, 3.05) is 18.2 Å². The minimum absolute atomic E-state index is 0.0526. The number of nitrogens with one attached hydrogen (secondary N) is 1. The lowest BCUT2D eigenvalue weighted by Crippen LogP contribution is -2.11. The van der Waals surface area contributed by atoms with Crippen molar-refractivity contribution in [2.24, 2.45) is 0 Å². The number of nitrogen functional groups attached to an aromatic ring is 1. The second-order valence-electron chi connectivity index (χ2n) is 3.96. The highest BCUT2D eigenvalue weighted by molar-refractivity contribution is 6.05. The van der Waals surface area contributed by atoms with Crippen LogP contribution in [-0.4, -0.2) is 18.1 Å². The van der Waals surface area contributed by atoms with E-state index in [0.29, 0.717) is 22.7 Å². The molecule has 0 unspecified atom stereocenters. The van der Waals surface area contributed by atoms with Crippen LogP contribution in [0.25, 0.3) is 0 Å². The third-order valence-electron chi connectivity index (χ3n) is 2.63. The molecule has 0 saturated carbocycles. The van der Waals surface area contributed by atoms with Gasteiger partial charge in [-0.3, -0.25) is 4.79 Å². The monoisotopic (exact) mass is 258 g/mol. The molecule has 4 N–H and O–H groups in total. The molecule has 0 atom stereocenters. The topological polar surface area (TPSA) is 84.6 Å². The molecule has 2 rings (SSSR count). The molecule has 0 radical (unpaired) electrons. The highest BCUT2D eigenvalue weighted by atomic mass is 16.5. The lowest BCUT2D eigenvalue weighted by atomic mass is 10.2. The quantitative estimate of drug-likeness (QED) is 0.582. The number of methoxy groups -OCH3 is 1. The first kappa shape index (κ1) is 12.8. The maximum Gasteiger partial charge on any atom is 0.255 e. The van der Waals surface area contributed by atoms with E-state index in [1.54, 1.807) is 36.4 Å². The van der Waals surface area contributed by atoms with Gasteiger partial charge in [0, 0.05) is 17.3 Å². The Balaban J connectivity index is 2.17. The highest BCUT2D eigenvalue weighted by Crippen LogP contribution is 2.28. The molecule has 1 amide bonds. The molecule has 0 aliphatic rings. The summed E-state index contributed by atoms with van der Waals surface area (Å²) in [6.45, 7) is 0. The number of hydrogen-bond acceptors (Lipinski definition) is 4. The zero-order valence-corrected chi connectivity index (χ0v) is 10.4. The summed E-state index contributed by atoms with van der Waals surface area (Å²) in [7, 11) is 1.50. The number of phenolic OH excluding ortho intramolecular Hbond substituents is 1. The summed E-state index contributed by atoms with van der Waals surface area (Å²) in [5.41, 5.74) is 6.92. The van der Waals surface area contributed by atoms with Gasteiger partial charge in [0.2, 0.25) is 0 Å². The number of anilines is 2. The predicted octanol–water partition coefficient (Wildman–Crippen LogP) is 2.24. The first-order valence-corrected chi connectivity index (χ1v) is 5.64. The Morgan fingerprint density at radius 3 is 2.47 bits per heavy atom. The van der Waals surface area contributed by atoms with Crippen LogP contribution >= 0.6 is 0 Å². The number of benzene rings is 2. The smallest absolute Gasteiger partial charge is 0.255 e. The Hall–Kier alpha value is -2.69. The van der Waals surface area contributed by atoms with E-state index in [9.17, 15) is 9.90 Å². The molecule has 0 aliphatic carbocycles. The minimum atomic E-state index is -0.319. The van der Waals surface area contributed by atoms with Crippen LogP contribution < -0.4 is 15.8 Å². The normalized spacial score (nSPS) is 9.95. The van der Waals surface area contributed by atoms with Gasteiger partial charge in [0.05, 0.1) is 12.8 Å². The van der Waals surface area contributed by atoms with Gasteiger partial charge in [-0.25, -0.2) is 0 Å². The third-order valence-corrected chi connectivity index (χ3v) is 2.63. The summed E-state index contributed by atoms with van der Waals surface area (Å²) in [6.07, 6.45) is 0. The van der Waals surface area contributed by atoms with Crippen LogP contribution in [0.4, 0.5) is 11.4 Å². The first-order valence-electron chi connectivity index (χ1n) is 5.64. The van der Waals surface area contributed by atoms with Gasteiger partial charge in [-0.15, -0.1) is 0 Å². The summed E-state index contributed by atoms with van der Waals surface area (Å²) in [5, 5.41) is 12.4. The van der Waals surface area contributed by atoms with Crippen molar-refractivity contribution in [3.63, 3.8) is 0 Å². The van der Waals surface area contributed by atoms with E-state index in [0.717, 1.165) is 0 Å². The molecule has 5 nitrogen and oxygen atoms in total. The average Bonchev–Trinajstić information content (AvgIpc) is 2.41. The second kappa shape index (κ2) is 5.30. The van der Waals surface area contributed by atoms with E-state index in [2.05, 4.69) is 5.32 Å². The number of ether oxygens (including phenoxy) is 1. The lowest BCUT2D eigenvalue weighted by Gasteiger charge is -2.09. The fourth-order valence-electron chi connectivity index (χ4n) is 1.57. The fourth-order valence-corrected chi connectivity index (χ4v) is 1.57.